The predicted molar refractivity (Wildman–Crippen MR) is 79.2 cm³/mol. The van der Waals surface area contributed by atoms with Gasteiger partial charge in [0.25, 0.3) is 5.91 Å². The van der Waals surface area contributed by atoms with E-state index in [0.717, 1.165) is 34.4 Å². The lowest BCUT2D eigenvalue weighted by atomic mass is 9.92. The second-order valence-electron chi connectivity index (χ2n) is 6.04. The number of likely N-dealkylation sites (tertiary alicyclic amines) is 1. The fourth-order valence-electron chi connectivity index (χ4n) is 3.23. The number of hydrogen-bond donors (Lipinski definition) is 0. The molecule has 6 heteroatoms. The van der Waals surface area contributed by atoms with Gasteiger partial charge in [-0.05, 0) is 32.1 Å². The number of nitrogens with zero attached hydrogens (tertiary/aromatic N) is 4. The number of thiazole rings is 1. The Hall–Kier alpha value is -1.43. The Labute approximate surface area is 122 Å². The first-order valence-electron chi connectivity index (χ1n) is 7.07. The molecule has 0 bridgehead atoms. The van der Waals surface area contributed by atoms with Gasteiger partial charge in [0, 0.05) is 18.8 Å². The summed E-state index contributed by atoms with van der Waals surface area (Å²) in [6, 6.07) is 0. The van der Waals surface area contributed by atoms with Crippen molar-refractivity contribution >= 4 is 22.2 Å². The Balaban J connectivity index is 1.94. The van der Waals surface area contributed by atoms with E-state index in [4.69, 9.17) is 0 Å². The van der Waals surface area contributed by atoms with Crippen molar-refractivity contribution in [2.75, 3.05) is 13.1 Å². The fraction of sp³-hybridized carbons (Fsp3) is 0.643. The molecule has 1 aliphatic heterocycles. The van der Waals surface area contributed by atoms with E-state index in [1.54, 1.807) is 0 Å². The number of carbonyl (C=O) groups is 1. The summed E-state index contributed by atoms with van der Waals surface area (Å²) in [5.74, 6) is 2.15. The zero-order valence-electron chi connectivity index (χ0n) is 12.4. The summed E-state index contributed by atoms with van der Waals surface area (Å²) >= 11 is 1.45. The van der Waals surface area contributed by atoms with Crippen molar-refractivity contribution < 1.29 is 4.79 Å². The van der Waals surface area contributed by atoms with E-state index in [1.165, 1.54) is 17.8 Å². The molecule has 1 aliphatic rings. The summed E-state index contributed by atoms with van der Waals surface area (Å²) in [5, 5.41) is 8.17. The van der Waals surface area contributed by atoms with Crippen molar-refractivity contribution in [3.63, 3.8) is 0 Å². The minimum atomic E-state index is 0.149. The van der Waals surface area contributed by atoms with Gasteiger partial charge in [0.2, 0.25) is 4.96 Å². The third-order valence-electron chi connectivity index (χ3n) is 4.00. The van der Waals surface area contributed by atoms with E-state index in [2.05, 4.69) is 24.0 Å². The molecular weight excluding hydrogens is 272 g/mol. The summed E-state index contributed by atoms with van der Waals surface area (Å²) in [6.07, 6.45) is 1.21. The van der Waals surface area contributed by atoms with Crippen LogP contribution in [0.2, 0.25) is 0 Å². The zero-order valence-corrected chi connectivity index (χ0v) is 13.2. The van der Waals surface area contributed by atoms with Crippen LogP contribution in [0.4, 0.5) is 0 Å². The van der Waals surface area contributed by atoms with Crippen LogP contribution in [0, 0.1) is 25.7 Å². The lowest BCUT2D eigenvalue weighted by Gasteiger charge is -2.34. The van der Waals surface area contributed by atoms with Gasteiger partial charge in [-0.3, -0.25) is 9.20 Å². The molecule has 20 heavy (non-hydrogen) atoms. The summed E-state index contributed by atoms with van der Waals surface area (Å²) in [7, 11) is 0. The van der Waals surface area contributed by atoms with Gasteiger partial charge in [0.1, 0.15) is 10.7 Å². The van der Waals surface area contributed by atoms with E-state index in [-0.39, 0.29) is 5.91 Å². The Morgan fingerprint density at radius 2 is 1.85 bits per heavy atom. The summed E-state index contributed by atoms with van der Waals surface area (Å²) in [4.78, 5) is 16.4. The number of hydrogen-bond acceptors (Lipinski definition) is 4. The zero-order chi connectivity index (χ0) is 14.4. The molecule has 3 rings (SSSR count). The van der Waals surface area contributed by atoms with Gasteiger partial charge in [-0.1, -0.05) is 25.2 Å². The molecule has 2 atom stereocenters. The predicted octanol–water partition coefficient (Wildman–Crippen LogP) is 2.53. The van der Waals surface area contributed by atoms with Gasteiger partial charge in [-0.15, -0.1) is 10.2 Å². The molecule has 2 unspecified atom stereocenters. The Bertz CT molecular complexity index is 649. The number of piperidine rings is 1. The van der Waals surface area contributed by atoms with Gasteiger partial charge < -0.3 is 4.90 Å². The van der Waals surface area contributed by atoms with Crippen LogP contribution in [-0.4, -0.2) is 38.5 Å². The number of carbonyl (C=O) groups excluding carboxylic acids is 1. The Morgan fingerprint density at radius 1 is 1.20 bits per heavy atom. The van der Waals surface area contributed by atoms with Crippen LogP contribution >= 0.6 is 11.3 Å². The minimum Gasteiger partial charge on any atom is -0.337 e. The van der Waals surface area contributed by atoms with E-state index in [9.17, 15) is 4.79 Å². The number of aryl methyl sites for hydroxylation is 2. The summed E-state index contributed by atoms with van der Waals surface area (Å²) < 4.78 is 1.97. The average Bonchev–Trinajstić information content (AvgIpc) is 2.89. The average molecular weight is 292 g/mol. The van der Waals surface area contributed by atoms with Crippen molar-refractivity contribution in [3.8, 4) is 0 Å². The highest BCUT2D eigenvalue weighted by atomic mass is 32.1. The highest BCUT2D eigenvalue weighted by Crippen LogP contribution is 2.27. The van der Waals surface area contributed by atoms with Crippen molar-refractivity contribution in [1.82, 2.24) is 19.5 Å². The normalized spacial score (nSPS) is 23.5. The number of fused-ring (bicyclic) bond motifs is 1. The highest BCUT2D eigenvalue weighted by molar-refractivity contribution is 7.19. The second-order valence-corrected chi connectivity index (χ2v) is 7.02. The van der Waals surface area contributed by atoms with Gasteiger partial charge >= 0.3 is 0 Å². The molecule has 0 radical (unpaired) electrons. The van der Waals surface area contributed by atoms with Crippen molar-refractivity contribution in [3.05, 3.63) is 16.4 Å². The van der Waals surface area contributed by atoms with E-state index < -0.39 is 0 Å². The van der Waals surface area contributed by atoms with Crippen molar-refractivity contribution in [2.24, 2.45) is 11.8 Å². The number of aromatic nitrogens is 3. The van der Waals surface area contributed by atoms with Crippen LogP contribution in [-0.2, 0) is 0 Å². The molecule has 108 valence electrons. The molecule has 1 fully saturated rings. The van der Waals surface area contributed by atoms with Crippen LogP contribution in [0.5, 0.6) is 0 Å². The standard InChI is InChI=1S/C14H20N4OS/c1-8-5-9(2)7-17(6-8)13(19)12-10(3)18-11(4)15-16-14(18)20-12/h8-9H,5-7H2,1-4H3. The molecule has 5 nitrogen and oxygen atoms in total. The number of rotatable bonds is 1. The van der Waals surface area contributed by atoms with Gasteiger partial charge in [0.05, 0.1) is 0 Å². The minimum absolute atomic E-state index is 0.149. The lowest BCUT2D eigenvalue weighted by molar-refractivity contribution is 0.0627. The monoisotopic (exact) mass is 292 g/mol. The van der Waals surface area contributed by atoms with Crippen LogP contribution in [0.1, 0.15) is 41.5 Å². The van der Waals surface area contributed by atoms with Gasteiger partial charge in [-0.2, -0.15) is 0 Å². The van der Waals surface area contributed by atoms with Crippen LogP contribution < -0.4 is 0 Å². The molecule has 0 aromatic carbocycles. The van der Waals surface area contributed by atoms with Crippen LogP contribution in [0.25, 0.3) is 4.96 Å². The topological polar surface area (TPSA) is 50.5 Å². The molecule has 0 spiro atoms. The van der Waals surface area contributed by atoms with E-state index >= 15 is 0 Å². The van der Waals surface area contributed by atoms with Gasteiger partial charge in [0.15, 0.2) is 0 Å². The van der Waals surface area contributed by atoms with E-state index in [1.807, 2.05) is 23.1 Å². The Kier molecular flexibility index (Phi) is 3.28. The Morgan fingerprint density at radius 3 is 2.45 bits per heavy atom. The van der Waals surface area contributed by atoms with Crippen LogP contribution in [0.3, 0.4) is 0 Å². The molecule has 2 aromatic rings. The lowest BCUT2D eigenvalue weighted by Crippen LogP contribution is -2.42. The van der Waals surface area contributed by atoms with E-state index in [0.29, 0.717) is 11.8 Å². The maximum Gasteiger partial charge on any atom is 0.265 e. The molecule has 0 N–H and O–H groups in total. The largest absolute Gasteiger partial charge is 0.337 e. The van der Waals surface area contributed by atoms with Gasteiger partial charge in [-0.25, -0.2) is 0 Å². The fourth-order valence-corrected chi connectivity index (χ4v) is 4.31. The smallest absolute Gasteiger partial charge is 0.265 e. The molecule has 0 aliphatic carbocycles. The number of amides is 1. The maximum atomic E-state index is 12.8. The molecular formula is C14H20N4OS. The summed E-state index contributed by atoms with van der Waals surface area (Å²) in [5.41, 5.74) is 0.961. The highest BCUT2D eigenvalue weighted by Gasteiger charge is 2.29. The first-order chi connectivity index (χ1) is 9.47. The molecule has 0 saturated carbocycles. The molecule has 2 aromatic heterocycles. The van der Waals surface area contributed by atoms with Crippen molar-refractivity contribution in [2.45, 2.75) is 34.1 Å². The molecule has 3 heterocycles. The third kappa shape index (κ3) is 2.12. The quantitative estimate of drug-likeness (QED) is 0.811. The second kappa shape index (κ2) is 4.84. The van der Waals surface area contributed by atoms with Crippen LogP contribution in [0.15, 0.2) is 0 Å². The van der Waals surface area contributed by atoms with Crippen molar-refractivity contribution in [1.29, 1.82) is 0 Å². The maximum absolute atomic E-state index is 12.8. The third-order valence-corrected chi connectivity index (χ3v) is 5.12. The SMILES string of the molecule is Cc1nnc2sc(C(=O)N3CC(C)CC(C)C3)c(C)n12. The summed E-state index contributed by atoms with van der Waals surface area (Å²) in [6.45, 7) is 10.1. The first kappa shape index (κ1) is 13.5. The first-order valence-corrected chi connectivity index (χ1v) is 7.89. The molecule has 1 saturated heterocycles. The molecule has 1 amide bonds.